The van der Waals surface area contributed by atoms with Crippen molar-refractivity contribution in [1.82, 2.24) is 20.0 Å². The van der Waals surface area contributed by atoms with E-state index in [-0.39, 0.29) is 18.0 Å². The van der Waals surface area contributed by atoms with Gasteiger partial charge < -0.3 is 15.0 Å². The Morgan fingerprint density at radius 1 is 1.19 bits per heavy atom. The summed E-state index contributed by atoms with van der Waals surface area (Å²) in [5.41, 5.74) is 1.78. The van der Waals surface area contributed by atoms with Gasteiger partial charge in [-0.25, -0.2) is 4.79 Å². The third-order valence-electron chi connectivity index (χ3n) is 5.00. The monoisotopic (exact) mass is 362 g/mol. The molecule has 0 saturated heterocycles. The second kappa shape index (κ2) is 7.29. The second-order valence-electron chi connectivity index (χ2n) is 8.36. The van der Waals surface area contributed by atoms with E-state index in [1.807, 2.05) is 20.8 Å². The Morgan fingerprint density at radius 3 is 2.54 bits per heavy atom. The SMILES string of the molecule is Cn1nc2c(c1C(=O)NC1CCCCC1)CN(C(=O)OC(C)(C)C)CC2. The summed E-state index contributed by atoms with van der Waals surface area (Å²) in [5, 5.41) is 7.67. The van der Waals surface area contributed by atoms with E-state index in [1.54, 1.807) is 16.6 Å². The number of ether oxygens (including phenoxy) is 1. The number of hydrogen-bond donors (Lipinski definition) is 1. The van der Waals surface area contributed by atoms with Crippen LogP contribution >= 0.6 is 0 Å². The van der Waals surface area contributed by atoms with Gasteiger partial charge in [-0.3, -0.25) is 9.48 Å². The Kier molecular flexibility index (Phi) is 5.25. The minimum atomic E-state index is -0.534. The van der Waals surface area contributed by atoms with Crippen molar-refractivity contribution >= 4 is 12.0 Å². The predicted octanol–water partition coefficient (Wildman–Crippen LogP) is 2.78. The van der Waals surface area contributed by atoms with Crippen molar-refractivity contribution in [2.45, 2.75) is 77.5 Å². The first kappa shape index (κ1) is 18.7. The molecule has 1 saturated carbocycles. The summed E-state index contributed by atoms with van der Waals surface area (Å²) in [6, 6.07) is 0.243. The molecule has 0 atom stereocenters. The molecule has 0 bridgehead atoms. The van der Waals surface area contributed by atoms with Crippen LogP contribution in [0.1, 0.15) is 74.6 Å². The standard InChI is InChI=1S/C19H30N4O3/c1-19(2,3)26-18(25)23-11-10-15-14(12-23)16(22(4)21-15)17(24)20-13-8-6-5-7-9-13/h13H,5-12H2,1-4H3,(H,20,24). The lowest BCUT2D eigenvalue weighted by Gasteiger charge is -2.30. The smallest absolute Gasteiger partial charge is 0.410 e. The maximum Gasteiger partial charge on any atom is 0.410 e. The first-order chi connectivity index (χ1) is 12.2. The average molecular weight is 362 g/mol. The summed E-state index contributed by atoms with van der Waals surface area (Å²) in [6.07, 6.45) is 5.95. The van der Waals surface area contributed by atoms with Crippen LogP contribution in [-0.4, -0.2) is 44.9 Å². The Balaban J connectivity index is 1.74. The Bertz CT molecular complexity index is 684. The highest BCUT2D eigenvalue weighted by molar-refractivity contribution is 5.94. The van der Waals surface area contributed by atoms with Gasteiger partial charge in [0.05, 0.1) is 12.2 Å². The Labute approximate surface area is 155 Å². The first-order valence-electron chi connectivity index (χ1n) is 9.58. The molecule has 1 N–H and O–H groups in total. The highest BCUT2D eigenvalue weighted by Gasteiger charge is 2.32. The molecule has 3 rings (SSSR count). The molecule has 1 aliphatic heterocycles. The van der Waals surface area contributed by atoms with Gasteiger partial charge in [0.25, 0.3) is 5.91 Å². The molecule has 2 aliphatic rings. The number of fused-ring (bicyclic) bond motifs is 1. The fraction of sp³-hybridized carbons (Fsp3) is 0.737. The van der Waals surface area contributed by atoms with E-state index < -0.39 is 5.60 Å². The number of aromatic nitrogens is 2. The highest BCUT2D eigenvalue weighted by Crippen LogP contribution is 2.24. The summed E-state index contributed by atoms with van der Waals surface area (Å²) < 4.78 is 7.13. The van der Waals surface area contributed by atoms with E-state index in [9.17, 15) is 9.59 Å². The normalized spacial score (nSPS) is 18.4. The molecule has 1 fully saturated rings. The summed E-state index contributed by atoms with van der Waals surface area (Å²) in [5.74, 6) is -0.0841. The molecule has 1 aliphatic carbocycles. The molecular formula is C19H30N4O3. The molecule has 1 aromatic rings. The fourth-order valence-electron chi connectivity index (χ4n) is 3.77. The Morgan fingerprint density at radius 2 is 1.88 bits per heavy atom. The predicted molar refractivity (Wildman–Crippen MR) is 97.9 cm³/mol. The third-order valence-corrected chi connectivity index (χ3v) is 5.00. The van der Waals surface area contributed by atoms with E-state index in [4.69, 9.17) is 4.74 Å². The third kappa shape index (κ3) is 4.19. The number of amides is 2. The van der Waals surface area contributed by atoms with Crippen molar-refractivity contribution < 1.29 is 14.3 Å². The maximum absolute atomic E-state index is 12.9. The number of carbonyl (C=O) groups excluding carboxylic acids is 2. The molecule has 2 amide bonds. The van der Waals surface area contributed by atoms with E-state index >= 15 is 0 Å². The van der Waals surface area contributed by atoms with Gasteiger partial charge in [0.1, 0.15) is 11.3 Å². The van der Waals surface area contributed by atoms with Crippen LogP contribution in [0.5, 0.6) is 0 Å². The first-order valence-corrected chi connectivity index (χ1v) is 9.58. The van der Waals surface area contributed by atoms with Gasteiger partial charge in [0, 0.05) is 31.6 Å². The molecule has 144 valence electrons. The number of hydrogen-bond acceptors (Lipinski definition) is 4. The van der Waals surface area contributed by atoms with Crippen molar-refractivity contribution in [1.29, 1.82) is 0 Å². The van der Waals surface area contributed by atoms with E-state index in [2.05, 4.69) is 10.4 Å². The molecule has 7 heteroatoms. The molecule has 0 aromatic carbocycles. The molecule has 0 spiro atoms. The van der Waals surface area contributed by atoms with Crippen LogP contribution in [0.15, 0.2) is 0 Å². The van der Waals surface area contributed by atoms with E-state index in [0.717, 1.165) is 24.1 Å². The zero-order valence-electron chi connectivity index (χ0n) is 16.3. The van der Waals surface area contributed by atoms with Crippen LogP contribution in [0.25, 0.3) is 0 Å². The van der Waals surface area contributed by atoms with Crippen LogP contribution in [-0.2, 0) is 24.8 Å². The second-order valence-corrected chi connectivity index (χ2v) is 8.36. The summed E-state index contributed by atoms with van der Waals surface area (Å²) in [7, 11) is 1.80. The lowest BCUT2D eigenvalue weighted by molar-refractivity contribution is 0.0222. The zero-order valence-corrected chi connectivity index (χ0v) is 16.3. The number of rotatable bonds is 2. The summed E-state index contributed by atoms with van der Waals surface area (Å²) in [6.45, 7) is 6.49. The quantitative estimate of drug-likeness (QED) is 0.878. The van der Waals surface area contributed by atoms with Gasteiger partial charge in [0.15, 0.2) is 0 Å². The summed E-state index contributed by atoms with van der Waals surface area (Å²) >= 11 is 0. The van der Waals surface area contributed by atoms with Crippen LogP contribution in [0.2, 0.25) is 0 Å². The molecule has 2 heterocycles. The zero-order chi connectivity index (χ0) is 18.9. The lowest BCUT2D eigenvalue weighted by atomic mass is 9.95. The average Bonchev–Trinajstić information content (AvgIpc) is 2.89. The van der Waals surface area contributed by atoms with Crippen LogP contribution in [0.4, 0.5) is 4.79 Å². The maximum atomic E-state index is 12.9. The number of nitrogens with zero attached hydrogens (tertiary/aromatic N) is 3. The van der Waals surface area contributed by atoms with Crippen LogP contribution < -0.4 is 5.32 Å². The van der Waals surface area contributed by atoms with Crippen molar-refractivity contribution in [2.24, 2.45) is 7.05 Å². The van der Waals surface area contributed by atoms with Crippen molar-refractivity contribution in [3.8, 4) is 0 Å². The number of aryl methyl sites for hydroxylation is 1. The van der Waals surface area contributed by atoms with Gasteiger partial charge in [-0.2, -0.15) is 5.10 Å². The van der Waals surface area contributed by atoms with Crippen molar-refractivity contribution in [3.63, 3.8) is 0 Å². The molecular weight excluding hydrogens is 332 g/mol. The van der Waals surface area contributed by atoms with Crippen molar-refractivity contribution in [3.05, 3.63) is 17.0 Å². The van der Waals surface area contributed by atoms with Gasteiger partial charge >= 0.3 is 6.09 Å². The topological polar surface area (TPSA) is 76.5 Å². The van der Waals surface area contributed by atoms with Gasteiger partial charge in [0.2, 0.25) is 0 Å². The molecule has 1 aromatic heterocycles. The minimum Gasteiger partial charge on any atom is -0.444 e. The molecule has 7 nitrogen and oxygen atoms in total. The van der Waals surface area contributed by atoms with Crippen LogP contribution in [0.3, 0.4) is 0 Å². The Hall–Kier alpha value is -2.05. The number of nitrogens with one attached hydrogen (secondary N) is 1. The van der Waals surface area contributed by atoms with Crippen molar-refractivity contribution in [2.75, 3.05) is 6.54 Å². The fourth-order valence-corrected chi connectivity index (χ4v) is 3.77. The number of carbonyl (C=O) groups is 2. The van der Waals surface area contributed by atoms with Gasteiger partial charge in [-0.15, -0.1) is 0 Å². The van der Waals surface area contributed by atoms with E-state index in [1.165, 1.54) is 19.3 Å². The molecule has 0 unspecified atom stereocenters. The van der Waals surface area contributed by atoms with E-state index in [0.29, 0.717) is 25.2 Å². The minimum absolute atomic E-state index is 0.0841. The molecule has 0 radical (unpaired) electrons. The van der Waals surface area contributed by atoms with Gasteiger partial charge in [-0.05, 0) is 33.6 Å². The summed E-state index contributed by atoms with van der Waals surface area (Å²) in [4.78, 5) is 26.9. The van der Waals surface area contributed by atoms with Gasteiger partial charge in [-0.1, -0.05) is 19.3 Å². The highest BCUT2D eigenvalue weighted by atomic mass is 16.6. The lowest BCUT2D eigenvalue weighted by Crippen LogP contribution is -2.41. The van der Waals surface area contributed by atoms with Crippen LogP contribution in [0, 0.1) is 0 Å². The molecule has 26 heavy (non-hydrogen) atoms. The largest absolute Gasteiger partial charge is 0.444 e.